The van der Waals surface area contributed by atoms with Gasteiger partial charge in [-0.3, -0.25) is 0 Å². The van der Waals surface area contributed by atoms with Crippen LogP contribution < -0.4 is 5.32 Å². The van der Waals surface area contributed by atoms with E-state index in [4.69, 9.17) is 0 Å². The Hall–Kier alpha value is -0.600. The molecule has 2 aliphatic rings. The van der Waals surface area contributed by atoms with Crippen LogP contribution in [0.15, 0.2) is 28.2 Å². The lowest BCUT2D eigenvalue weighted by Crippen LogP contribution is -2.23. The molecule has 1 heterocycles. The van der Waals surface area contributed by atoms with E-state index in [-0.39, 0.29) is 0 Å². The number of rotatable bonds is 0. The normalized spacial score (nSPS) is 19.5. The lowest BCUT2D eigenvalue weighted by molar-refractivity contribution is 0.711. The summed E-state index contributed by atoms with van der Waals surface area (Å²) in [5.74, 6) is 0. The fourth-order valence-corrected chi connectivity index (χ4v) is 2.81. The molecule has 0 bridgehead atoms. The molecule has 0 spiro atoms. The first kappa shape index (κ1) is 8.69. The molecular weight excluding hydrogens is 238 g/mol. The highest BCUT2D eigenvalue weighted by molar-refractivity contribution is 9.10. The Bertz CT molecular complexity index is 420. The highest BCUT2D eigenvalue weighted by Gasteiger charge is 2.23. The van der Waals surface area contributed by atoms with Gasteiger partial charge < -0.3 is 5.32 Å². The average Bonchev–Trinajstić information content (AvgIpc) is 2.56. The van der Waals surface area contributed by atoms with Crippen molar-refractivity contribution in [1.29, 1.82) is 0 Å². The molecule has 1 nitrogen and oxygen atoms in total. The first-order chi connectivity index (χ1) is 6.84. The molecule has 14 heavy (non-hydrogen) atoms. The van der Waals surface area contributed by atoms with Gasteiger partial charge in [-0.1, -0.05) is 22.0 Å². The van der Waals surface area contributed by atoms with Gasteiger partial charge in [-0.15, -0.1) is 0 Å². The maximum absolute atomic E-state index is 3.54. The van der Waals surface area contributed by atoms with Gasteiger partial charge in [0.25, 0.3) is 0 Å². The van der Waals surface area contributed by atoms with E-state index in [1.165, 1.54) is 22.0 Å². The number of halogens is 1. The average molecular weight is 250 g/mol. The first-order valence-electron chi connectivity index (χ1n) is 5.05. The van der Waals surface area contributed by atoms with Crippen LogP contribution in [-0.2, 0) is 6.42 Å². The van der Waals surface area contributed by atoms with Gasteiger partial charge in [0.2, 0.25) is 0 Å². The fraction of sp³-hybridized carbons (Fsp3) is 0.333. The van der Waals surface area contributed by atoms with E-state index in [1.54, 1.807) is 11.1 Å². The molecule has 1 aromatic rings. The molecule has 0 aromatic heterocycles. The Labute approximate surface area is 92.3 Å². The summed E-state index contributed by atoms with van der Waals surface area (Å²) >= 11 is 3.54. The van der Waals surface area contributed by atoms with E-state index in [0.717, 1.165) is 19.5 Å². The zero-order valence-corrected chi connectivity index (χ0v) is 9.52. The third-order valence-electron chi connectivity index (χ3n) is 3.12. The van der Waals surface area contributed by atoms with E-state index in [0.29, 0.717) is 0 Å². The van der Waals surface area contributed by atoms with E-state index in [1.807, 2.05) is 0 Å². The molecule has 0 atom stereocenters. The molecule has 3 rings (SSSR count). The van der Waals surface area contributed by atoms with Crippen LogP contribution in [0.5, 0.6) is 0 Å². The van der Waals surface area contributed by atoms with Gasteiger partial charge in [-0.05, 0) is 53.8 Å². The molecule has 1 aliphatic carbocycles. The van der Waals surface area contributed by atoms with Crippen molar-refractivity contribution in [3.05, 3.63) is 39.4 Å². The zero-order valence-electron chi connectivity index (χ0n) is 7.94. The summed E-state index contributed by atoms with van der Waals surface area (Å²) in [7, 11) is 0. The molecule has 1 N–H and O–H groups in total. The third kappa shape index (κ3) is 1.25. The lowest BCUT2D eigenvalue weighted by atomic mass is 10.0. The minimum absolute atomic E-state index is 1.08. The molecule has 0 saturated carbocycles. The monoisotopic (exact) mass is 249 g/mol. The van der Waals surface area contributed by atoms with Crippen molar-refractivity contribution in [2.45, 2.75) is 12.8 Å². The van der Waals surface area contributed by atoms with Crippen molar-refractivity contribution in [2.24, 2.45) is 0 Å². The lowest BCUT2D eigenvalue weighted by Gasteiger charge is -2.15. The van der Waals surface area contributed by atoms with Crippen LogP contribution in [0.3, 0.4) is 0 Å². The zero-order chi connectivity index (χ0) is 9.54. The second kappa shape index (κ2) is 3.21. The van der Waals surface area contributed by atoms with E-state index in [9.17, 15) is 0 Å². The van der Waals surface area contributed by atoms with Crippen molar-refractivity contribution in [3.8, 4) is 0 Å². The smallest absolute Gasteiger partial charge is 0.0181 e. The third-order valence-corrected chi connectivity index (χ3v) is 3.61. The van der Waals surface area contributed by atoms with Crippen LogP contribution >= 0.6 is 15.9 Å². The highest BCUT2D eigenvalue weighted by Crippen LogP contribution is 2.37. The predicted octanol–water partition coefficient (Wildman–Crippen LogP) is 2.75. The van der Waals surface area contributed by atoms with Gasteiger partial charge in [0.1, 0.15) is 0 Å². The minimum atomic E-state index is 1.08. The first-order valence-corrected chi connectivity index (χ1v) is 5.84. The predicted molar refractivity (Wildman–Crippen MR) is 62.3 cm³/mol. The van der Waals surface area contributed by atoms with E-state index >= 15 is 0 Å². The molecule has 0 unspecified atom stereocenters. The SMILES string of the molecule is Brc1ccc2c(c1)C1=C(CNCC1)C2. The molecular formula is C12H12BrN. The summed E-state index contributed by atoms with van der Waals surface area (Å²) in [5.41, 5.74) is 6.18. The molecule has 1 aromatic carbocycles. The van der Waals surface area contributed by atoms with Crippen molar-refractivity contribution in [1.82, 2.24) is 5.32 Å². The molecule has 2 heteroatoms. The Balaban J connectivity index is 2.12. The summed E-state index contributed by atoms with van der Waals surface area (Å²) < 4.78 is 1.20. The molecule has 0 amide bonds. The van der Waals surface area contributed by atoms with Crippen molar-refractivity contribution in [3.63, 3.8) is 0 Å². The fourth-order valence-electron chi connectivity index (χ4n) is 2.44. The van der Waals surface area contributed by atoms with E-state index in [2.05, 4.69) is 39.4 Å². The van der Waals surface area contributed by atoms with Gasteiger partial charge in [-0.2, -0.15) is 0 Å². The van der Waals surface area contributed by atoms with Gasteiger partial charge >= 0.3 is 0 Å². The number of hydrogen-bond acceptors (Lipinski definition) is 1. The second-order valence-corrected chi connectivity index (χ2v) is 4.90. The van der Waals surface area contributed by atoms with Crippen LogP contribution in [0.4, 0.5) is 0 Å². The van der Waals surface area contributed by atoms with Crippen LogP contribution in [-0.4, -0.2) is 13.1 Å². The molecule has 72 valence electrons. The second-order valence-electron chi connectivity index (χ2n) is 3.99. The summed E-state index contributed by atoms with van der Waals surface area (Å²) in [4.78, 5) is 0. The topological polar surface area (TPSA) is 12.0 Å². The van der Waals surface area contributed by atoms with Gasteiger partial charge in [-0.25, -0.2) is 0 Å². The largest absolute Gasteiger partial charge is 0.313 e. The Morgan fingerprint density at radius 3 is 3.14 bits per heavy atom. The highest BCUT2D eigenvalue weighted by atomic mass is 79.9. The molecule has 0 radical (unpaired) electrons. The number of benzene rings is 1. The van der Waals surface area contributed by atoms with Crippen LogP contribution in [0.1, 0.15) is 17.5 Å². The number of nitrogens with one attached hydrogen (secondary N) is 1. The summed E-state index contributed by atoms with van der Waals surface area (Å²) in [6.07, 6.45) is 2.35. The van der Waals surface area contributed by atoms with Crippen LogP contribution in [0, 0.1) is 0 Å². The Morgan fingerprint density at radius 2 is 2.21 bits per heavy atom. The van der Waals surface area contributed by atoms with Crippen molar-refractivity contribution < 1.29 is 0 Å². The molecule has 0 fully saturated rings. The maximum Gasteiger partial charge on any atom is 0.0181 e. The maximum atomic E-state index is 3.54. The standard InChI is InChI=1S/C12H12BrN/c13-10-2-1-8-5-9-7-14-4-3-11(9)12(8)6-10/h1-2,6,14H,3-5,7H2. The number of fused-ring (bicyclic) bond motifs is 2. The summed E-state index contributed by atoms with van der Waals surface area (Å²) in [6.45, 7) is 2.21. The quantitative estimate of drug-likeness (QED) is 0.746. The van der Waals surface area contributed by atoms with Gasteiger partial charge in [0.05, 0.1) is 0 Å². The van der Waals surface area contributed by atoms with Gasteiger partial charge in [0, 0.05) is 11.0 Å². The summed E-state index contributed by atoms with van der Waals surface area (Å²) in [5, 5.41) is 3.44. The Morgan fingerprint density at radius 1 is 1.29 bits per heavy atom. The van der Waals surface area contributed by atoms with Gasteiger partial charge in [0.15, 0.2) is 0 Å². The minimum Gasteiger partial charge on any atom is -0.313 e. The number of hydrogen-bond donors (Lipinski definition) is 1. The molecule has 0 saturated heterocycles. The molecule has 1 aliphatic heterocycles. The van der Waals surface area contributed by atoms with E-state index < -0.39 is 0 Å². The van der Waals surface area contributed by atoms with Crippen LogP contribution in [0.2, 0.25) is 0 Å². The van der Waals surface area contributed by atoms with Crippen molar-refractivity contribution >= 4 is 21.5 Å². The Kier molecular flexibility index (Phi) is 1.99. The summed E-state index contributed by atoms with van der Waals surface area (Å²) in [6, 6.07) is 6.66. The van der Waals surface area contributed by atoms with Crippen molar-refractivity contribution in [2.75, 3.05) is 13.1 Å². The van der Waals surface area contributed by atoms with Crippen LogP contribution in [0.25, 0.3) is 5.57 Å².